The van der Waals surface area contributed by atoms with Gasteiger partial charge in [-0.2, -0.15) is 4.99 Å². The predicted molar refractivity (Wildman–Crippen MR) is 87.3 cm³/mol. The number of nitrogens with two attached hydrogens (primary N) is 1. The van der Waals surface area contributed by atoms with Gasteiger partial charge in [-0.1, -0.05) is 30.0 Å². The van der Waals surface area contributed by atoms with Crippen LogP contribution >= 0.6 is 11.8 Å². The quantitative estimate of drug-likeness (QED) is 0.718. The number of fused-ring (bicyclic) bond motifs is 1. The van der Waals surface area contributed by atoms with Crippen LogP contribution in [0.15, 0.2) is 29.3 Å². The first kappa shape index (κ1) is 16.5. The number of carbonyl (C=O) groups is 3. The molecule has 0 aliphatic carbocycles. The molecule has 2 atom stereocenters. The van der Waals surface area contributed by atoms with E-state index in [0.29, 0.717) is 5.69 Å². The van der Waals surface area contributed by atoms with Crippen molar-refractivity contribution < 1.29 is 24.2 Å². The summed E-state index contributed by atoms with van der Waals surface area (Å²) in [5, 5.41) is 9.91. The average Bonchev–Trinajstić information content (AvgIpc) is 2.99. The lowest BCUT2D eigenvalue weighted by molar-refractivity contribution is -0.145. The highest BCUT2D eigenvalue weighted by Gasteiger charge is 2.59. The maximum Gasteiger partial charge on any atom is 0.326 e. The van der Waals surface area contributed by atoms with Crippen molar-refractivity contribution in [2.45, 2.75) is 17.8 Å². The lowest BCUT2D eigenvalue weighted by atomic mass is 9.91. The Hall–Kier alpha value is -2.39. The van der Waals surface area contributed by atoms with Gasteiger partial charge in [-0.05, 0) is 13.0 Å². The Morgan fingerprint density at radius 2 is 2.17 bits per heavy atom. The van der Waals surface area contributed by atoms with Crippen LogP contribution in [0.2, 0.25) is 0 Å². The van der Waals surface area contributed by atoms with E-state index in [2.05, 4.69) is 4.99 Å². The summed E-state index contributed by atoms with van der Waals surface area (Å²) in [6.45, 7) is 1.48. The van der Waals surface area contributed by atoms with Crippen LogP contribution in [-0.4, -0.2) is 46.5 Å². The van der Waals surface area contributed by atoms with Gasteiger partial charge in [-0.25, -0.2) is 0 Å². The number of esters is 1. The van der Waals surface area contributed by atoms with E-state index in [1.807, 2.05) is 0 Å². The summed E-state index contributed by atoms with van der Waals surface area (Å²) >= 11 is 0.833. The molecule has 2 unspecified atom stereocenters. The van der Waals surface area contributed by atoms with Gasteiger partial charge in [0.2, 0.25) is 0 Å². The first-order valence-corrected chi connectivity index (χ1v) is 8.11. The van der Waals surface area contributed by atoms with E-state index in [0.717, 1.165) is 16.7 Å². The fraction of sp³-hybridized carbons (Fsp3) is 0.333. The Morgan fingerprint density at radius 3 is 2.79 bits per heavy atom. The van der Waals surface area contributed by atoms with Crippen LogP contribution in [0.1, 0.15) is 12.5 Å². The lowest BCUT2D eigenvalue weighted by Gasteiger charge is -2.26. The molecule has 0 saturated carbocycles. The van der Waals surface area contributed by atoms with Crippen molar-refractivity contribution in [3.8, 4) is 0 Å². The number of carbonyl (C=O) groups excluding carboxylic acids is 3. The zero-order valence-corrected chi connectivity index (χ0v) is 13.6. The summed E-state index contributed by atoms with van der Waals surface area (Å²) in [6, 6.07) is 6.45. The van der Waals surface area contributed by atoms with Crippen LogP contribution in [0, 0.1) is 0 Å². The Morgan fingerprint density at radius 1 is 1.46 bits per heavy atom. The third-order valence-corrected chi connectivity index (χ3v) is 4.94. The predicted octanol–water partition coefficient (Wildman–Crippen LogP) is -0.259. The van der Waals surface area contributed by atoms with E-state index in [9.17, 15) is 19.5 Å². The largest absolute Gasteiger partial charge is 0.465 e. The smallest absolute Gasteiger partial charge is 0.326 e. The molecule has 2 heterocycles. The molecular formula is C15H15N3O5S. The highest BCUT2D eigenvalue weighted by molar-refractivity contribution is 8.15. The van der Waals surface area contributed by atoms with Crippen molar-refractivity contribution >= 4 is 40.4 Å². The number of anilines is 1. The Balaban J connectivity index is 2.02. The van der Waals surface area contributed by atoms with Gasteiger partial charge in [0.1, 0.15) is 11.8 Å². The molecule has 24 heavy (non-hydrogen) atoms. The number of benzene rings is 1. The third kappa shape index (κ3) is 2.36. The lowest BCUT2D eigenvalue weighted by Crippen LogP contribution is -2.50. The zero-order chi connectivity index (χ0) is 17.5. The van der Waals surface area contributed by atoms with E-state index < -0.39 is 28.6 Å². The van der Waals surface area contributed by atoms with Crippen molar-refractivity contribution in [1.29, 1.82) is 0 Å². The molecule has 2 aliphatic rings. The number of aliphatic imine (C=N–C) groups is 1. The number of thioether (sulfide) groups is 1. The van der Waals surface area contributed by atoms with Crippen LogP contribution in [-0.2, 0) is 24.7 Å². The van der Waals surface area contributed by atoms with Crippen LogP contribution in [0.25, 0.3) is 0 Å². The van der Waals surface area contributed by atoms with Gasteiger partial charge in [-0.3, -0.25) is 19.3 Å². The first-order chi connectivity index (χ1) is 11.4. The van der Waals surface area contributed by atoms with Crippen LogP contribution < -0.4 is 10.6 Å². The molecule has 2 amide bonds. The molecule has 126 valence electrons. The maximum absolute atomic E-state index is 12.9. The molecule has 1 aromatic rings. The molecule has 0 aromatic heterocycles. The minimum atomic E-state index is -2.13. The number of rotatable bonds is 4. The molecule has 3 N–H and O–H groups in total. The second kappa shape index (κ2) is 5.91. The molecule has 0 fully saturated rings. The maximum atomic E-state index is 12.9. The molecular weight excluding hydrogens is 334 g/mol. The summed E-state index contributed by atoms with van der Waals surface area (Å²) < 4.78 is 4.87. The second-order valence-electron chi connectivity index (χ2n) is 5.27. The van der Waals surface area contributed by atoms with Crippen molar-refractivity contribution in [2.75, 3.05) is 18.1 Å². The van der Waals surface area contributed by atoms with Crippen LogP contribution in [0.3, 0.4) is 0 Å². The molecule has 0 bridgehead atoms. The molecule has 0 saturated heterocycles. The minimum absolute atomic E-state index is 0.00690. The Kier molecular flexibility index (Phi) is 4.06. The standard InChI is InChI=1S/C15H15N3O5S/c1-2-23-10(19)7-18-9-6-4-3-5-8(9)15(22,13(18)21)11-12(20)17-14(16)24-11/h3-6,11,22H,2,7H2,1H3,(H2,16,17,20). The normalized spacial score (nSPS) is 25.7. The van der Waals surface area contributed by atoms with Gasteiger partial charge in [0.25, 0.3) is 11.8 Å². The summed E-state index contributed by atoms with van der Waals surface area (Å²) in [6.07, 6.45) is 0. The van der Waals surface area contributed by atoms with E-state index in [1.54, 1.807) is 31.2 Å². The van der Waals surface area contributed by atoms with Gasteiger partial charge < -0.3 is 15.6 Å². The number of para-hydroxylation sites is 1. The van der Waals surface area contributed by atoms with Crippen molar-refractivity contribution in [1.82, 2.24) is 0 Å². The number of ether oxygens (including phenoxy) is 1. The summed E-state index contributed by atoms with van der Waals surface area (Å²) in [5.74, 6) is -2.06. The summed E-state index contributed by atoms with van der Waals surface area (Å²) in [4.78, 5) is 41.4. The molecule has 2 aliphatic heterocycles. The first-order valence-electron chi connectivity index (χ1n) is 7.23. The van der Waals surface area contributed by atoms with Gasteiger partial charge >= 0.3 is 5.97 Å². The van der Waals surface area contributed by atoms with E-state index in [1.165, 1.54) is 0 Å². The highest BCUT2D eigenvalue weighted by Crippen LogP contribution is 2.47. The molecule has 8 nitrogen and oxygen atoms in total. The topological polar surface area (TPSA) is 122 Å². The molecule has 0 radical (unpaired) electrons. The molecule has 9 heteroatoms. The third-order valence-electron chi connectivity index (χ3n) is 3.83. The van der Waals surface area contributed by atoms with E-state index in [-0.39, 0.29) is 23.9 Å². The fourth-order valence-electron chi connectivity index (χ4n) is 2.84. The van der Waals surface area contributed by atoms with E-state index >= 15 is 0 Å². The SMILES string of the molecule is CCOC(=O)CN1C(=O)C(O)(C2SC(N)=NC2=O)c2ccccc21. The molecule has 0 spiro atoms. The van der Waals surface area contributed by atoms with Crippen LogP contribution in [0.5, 0.6) is 0 Å². The highest BCUT2D eigenvalue weighted by atomic mass is 32.2. The van der Waals surface area contributed by atoms with E-state index in [4.69, 9.17) is 10.5 Å². The average molecular weight is 349 g/mol. The van der Waals surface area contributed by atoms with Crippen LogP contribution in [0.4, 0.5) is 5.69 Å². The number of amidine groups is 1. The van der Waals surface area contributed by atoms with Gasteiger partial charge in [0, 0.05) is 5.56 Å². The van der Waals surface area contributed by atoms with Crippen molar-refractivity contribution in [3.63, 3.8) is 0 Å². The fourth-order valence-corrected chi connectivity index (χ4v) is 3.77. The monoisotopic (exact) mass is 349 g/mol. The van der Waals surface area contributed by atoms with Gasteiger partial charge in [0.15, 0.2) is 10.8 Å². The number of hydrogen-bond donors (Lipinski definition) is 2. The molecule has 3 rings (SSSR count). The number of aliphatic hydroxyl groups is 1. The molecule has 1 aromatic carbocycles. The van der Waals surface area contributed by atoms with Gasteiger partial charge in [0.05, 0.1) is 12.3 Å². The summed E-state index contributed by atoms with van der Waals surface area (Å²) in [5.41, 5.74) is 4.02. The van der Waals surface area contributed by atoms with Crippen molar-refractivity contribution in [2.24, 2.45) is 10.7 Å². The summed E-state index contributed by atoms with van der Waals surface area (Å²) in [7, 11) is 0. The number of hydrogen-bond acceptors (Lipinski definition) is 7. The minimum Gasteiger partial charge on any atom is -0.465 e. The second-order valence-corrected chi connectivity index (χ2v) is 6.39. The zero-order valence-electron chi connectivity index (χ0n) is 12.8. The Labute approximate surface area is 141 Å². The van der Waals surface area contributed by atoms with Gasteiger partial charge in [-0.15, -0.1) is 0 Å². The number of nitrogens with zero attached hydrogens (tertiary/aromatic N) is 2. The Bertz CT molecular complexity index is 765. The number of amides is 2. The van der Waals surface area contributed by atoms with Crippen molar-refractivity contribution in [3.05, 3.63) is 29.8 Å².